The predicted octanol–water partition coefficient (Wildman–Crippen LogP) is 2.90. The van der Waals surface area contributed by atoms with Gasteiger partial charge in [0.2, 0.25) is 0 Å². The van der Waals surface area contributed by atoms with E-state index in [2.05, 4.69) is 10.2 Å². The van der Waals surface area contributed by atoms with Crippen LogP contribution in [0.15, 0.2) is 54.7 Å². The molecule has 1 saturated heterocycles. The van der Waals surface area contributed by atoms with Gasteiger partial charge in [0, 0.05) is 25.2 Å². The Hall–Kier alpha value is -2.89. The molecular formula is C20H22N4O2. The lowest BCUT2D eigenvalue weighted by atomic mass is 9.97. The van der Waals surface area contributed by atoms with E-state index < -0.39 is 6.10 Å². The number of hydrogen-bond donors (Lipinski definition) is 0. The zero-order chi connectivity index (χ0) is 17.9. The third kappa shape index (κ3) is 3.27. The van der Waals surface area contributed by atoms with Crippen LogP contribution in [0.4, 0.5) is 0 Å². The van der Waals surface area contributed by atoms with Crippen LogP contribution in [-0.4, -0.2) is 44.6 Å². The number of fused-ring (bicyclic) bond motifs is 1. The summed E-state index contributed by atoms with van der Waals surface area (Å²) in [5.74, 6) is 1.85. The molecule has 0 N–H and O–H groups in total. The van der Waals surface area contributed by atoms with Crippen molar-refractivity contribution in [1.29, 1.82) is 0 Å². The standard InChI is InChI=1S/C20H22N4O2/c1-15(26-17-9-3-2-4-10-17)20(25)23-12-7-8-16(14-23)19-22-21-18-11-5-6-13-24(18)19/h2-6,9-11,13,15-16H,7-8,12,14H2,1H3. The van der Waals surface area contributed by atoms with Crippen LogP contribution in [0.1, 0.15) is 31.5 Å². The topological polar surface area (TPSA) is 59.7 Å². The van der Waals surface area contributed by atoms with Gasteiger partial charge in [0.25, 0.3) is 5.91 Å². The number of carbonyl (C=O) groups excluding carboxylic acids is 1. The smallest absolute Gasteiger partial charge is 0.263 e. The molecule has 26 heavy (non-hydrogen) atoms. The maximum atomic E-state index is 12.8. The molecule has 1 fully saturated rings. The van der Waals surface area contributed by atoms with Gasteiger partial charge >= 0.3 is 0 Å². The monoisotopic (exact) mass is 350 g/mol. The van der Waals surface area contributed by atoms with Gasteiger partial charge in [-0.25, -0.2) is 0 Å². The number of pyridine rings is 1. The van der Waals surface area contributed by atoms with Gasteiger partial charge < -0.3 is 9.64 Å². The van der Waals surface area contributed by atoms with E-state index in [1.54, 1.807) is 0 Å². The average Bonchev–Trinajstić information content (AvgIpc) is 3.12. The minimum absolute atomic E-state index is 0.0207. The Bertz CT molecular complexity index is 893. The quantitative estimate of drug-likeness (QED) is 0.726. The van der Waals surface area contributed by atoms with Crippen molar-refractivity contribution < 1.29 is 9.53 Å². The molecule has 1 aliphatic heterocycles. The molecule has 0 radical (unpaired) electrons. The van der Waals surface area contributed by atoms with Gasteiger partial charge in [-0.3, -0.25) is 9.20 Å². The number of hydrogen-bond acceptors (Lipinski definition) is 4. The first kappa shape index (κ1) is 16.6. The molecule has 1 amide bonds. The molecule has 0 bridgehead atoms. The first-order valence-electron chi connectivity index (χ1n) is 9.02. The Morgan fingerprint density at radius 1 is 1.15 bits per heavy atom. The molecule has 134 valence electrons. The van der Waals surface area contributed by atoms with Crippen molar-refractivity contribution in [2.24, 2.45) is 0 Å². The van der Waals surface area contributed by atoms with E-state index in [1.807, 2.05) is 71.0 Å². The molecule has 0 spiro atoms. The van der Waals surface area contributed by atoms with Crippen molar-refractivity contribution in [2.75, 3.05) is 13.1 Å². The van der Waals surface area contributed by atoms with Crippen LogP contribution in [-0.2, 0) is 4.79 Å². The second-order valence-electron chi connectivity index (χ2n) is 6.68. The summed E-state index contributed by atoms with van der Waals surface area (Å²) in [6, 6.07) is 15.3. The van der Waals surface area contributed by atoms with Crippen LogP contribution in [0.3, 0.4) is 0 Å². The fourth-order valence-electron chi connectivity index (χ4n) is 3.54. The summed E-state index contributed by atoms with van der Waals surface area (Å²) in [5, 5.41) is 8.61. The molecule has 1 aromatic carbocycles. The largest absolute Gasteiger partial charge is 0.481 e. The van der Waals surface area contributed by atoms with Gasteiger partial charge in [-0.15, -0.1) is 10.2 Å². The Morgan fingerprint density at radius 2 is 1.96 bits per heavy atom. The molecule has 6 nitrogen and oxygen atoms in total. The molecular weight excluding hydrogens is 328 g/mol. The molecule has 0 saturated carbocycles. The van der Waals surface area contributed by atoms with Crippen molar-refractivity contribution in [3.8, 4) is 5.75 Å². The third-order valence-corrected chi connectivity index (χ3v) is 4.84. The summed E-state index contributed by atoms with van der Waals surface area (Å²) >= 11 is 0. The molecule has 3 heterocycles. The summed E-state index contributed by atoms with van der Waals surface area (Å²) in [5.41, 5.74) is 0.840. The van der Waals surface area contributed by atoms with Crippen LogP contribution in [0.2, 0.25) is 0 Å². The molecule has 4 rings (SSSR count). The lowest BCUT2D eigenvalue weighted by molar-refractivity contribution is -0.139. The van der Waals surface area contributed by atoms with Crippen LogP contribution in [0.25, 0.3) is 5.65 Å². The third-order valence-electron chi connectivity index (χ3n) is 4.84. The van der Waals surface area contributed by atoms with Gasteiger partial charge in [0.05, 0.1) is 0 Å². The lowest BCUT2D eigenvalue weighted by Crippen LogP contribution is -2.45. The number of benzene rings is 1. The summed E-state index contributed by atoms with van der Waals surface area (Å²) < 4.78 is 7.82. The Balaban J connectivity index is 1.47. The van der Waals surface area contributed by atoms with Crippen molar-refractivity contribution >= 4 is 11.6 Å². The number of rotatable bonds is 4. The van der Waals surface area contributed by atoms with E-state index in [0.717, 1.165) is 30.9 Å². The van der Waals surface area contributed by atoms with E-state index >= 15 is 0 Å². The normalized spacial score (nSPS) is 18.7. The fraction of sp³-hybridized carbons (Fsp3) is 0.350. The highest BCUT2D eigenvalue weighted by molar-refractivity contribution is 5.81. The summed E-state index contributed by atoms with van der Waals surface area (Å²) in [7, 11) is 0. The van der Waals surface area contributed by atoms with Crippen molar-refractivity contribution in [3.05, 3.63) is 60.6 Å². The Morgan fingerprint density at radius 3 is 2.81 bits per heavy atom. The number of aromatic nitrogens is 3. The number of para-hydroxylation sites is 1. The second kappa shape index (κ2) is 7.15. The van der Waals surface area contributed by atoms with Crippen LogP contribution in [0, 0.1) is 0 Å². The second-order valence-corrected chi connectivity index (χ2v) is 6.68. The highest BCUT2D eigenvalue weighted by Crippen LogP contribution is 2.26. The highest BCUT2D eigenvalue weighted by atomic mass is 16.5. The molecule has 6 heteroatoms. The number of nitrogens with zero attached hydrogens (tertiary/aromatic N) is 4. The number of ether oxygens (including phenoxy) is 1. The molecule has 2 unspecified atom stereocenters. The minimum Gasteiger partial charge on any atom is -0.481 e. The lowest BCUT2D eigenvalue weighted by Gasteiger charge is -2.33. The van der Waals surface area contributed by atoms with E-state index in [9.17, 15) is 4.79 Å². The molecule has 1 aliphatic rings. The van der Waals surface area contributed by atoms with Gasteiger partial charge in [0.15, 0.2) is 11.8 Å². The predicted molar refractivity (Wildman–Crippen MR) is 98.1 cm³/mol. The number of carbonyl (C=O) groups is 1. The van der Waals surface area contributed by atoms with Gasteiger partial charge in [-0.2, -0.15) is 0 Å². The number of likely N-dealkylation sites (tertiary alicyclic amines) is 1. The maximum absolute atomic E-state index is 12.8. The SMILES string of the molecule is CC(Oc1ccccc1)C(=O)N1CCCC(c2nnc3ccccn23)C1. The average molecular weight is 350 g/mol. The van der Waals surface area contributed by atoms with Crippen LogP contribution >= 0.6 is 0 Å². The van der Waals surface area contributed by atoms with Gasteiger partial charge in [-0.1, -0.05) is 24.3 Å². The summed E-state index contributed by atoms with van der Waals surface area (Å²) in [6.45, 7) is 3.22. The van der Waals surface area contributed by atoms with E-state index in [4.69, 9.17) is 4.74 Å². The Labute approximate surface area is 152 Å². The minimum atomic E-state index is -0.508. The first-order chi connectivity index (χ1) is 12.7. The summed E-state index contributed by atoms with van der Waals surface area (Å²) in [4.78, 5) is 14.7. The van der Waals surface area contributed by atoms with Crippen LogP contribution < -0.4 is 4.74 Å². The van der Waals surface area contributed by atoms with Gasteiger partial charge in [0.1, 0.15) is 11.6 Å². The summed E-state index contributed by atoms with van der Waals surface area (Å²) in [6.07, 6.45) is 3.43. The van der Waals surface area contributed by atoms with Crippen molar-refractivity contribution in [3.63, 3.8) is 0 Å². The molecule has 2 atom stereocenters. The molecule has 2 aromatic heterocycles. The highest BCUT2D eigenvalue weighted by Gasteiger charge is 2.30. The fourth-order valence-corrected chi connectivity index (χ4v) is 3.54. The van der Waals surface area contributed by atoms with Crippen molar-refractivity contribution in [1.82, 2.24) is 19.5 Å². The van der Waals surface area contributed by atoms with Gasteiger partial charge in [-0.05, 0) is 44.0 Å². The van der Waals surface area contributed by atoms with Crippen LogP contribution in [0.5, 0.6) is 5.75 Å². The zero-order valence-corrected chi connectivity index (χ0v) is 14.8. The van der Waals surface area contributed by atoms with E-state index in [-0.39, 0.29) is 11.8 Å². The maximum Gasteiger partial charge on any atom is 0.263 e. The zero-order valence-electron chi connectivity index (χ0n) is 14.8. The molecule has 0 aliphatic carbocycles. The number of amides is 1. The van der Waals surface area contributed by atoms with E-state index in [1.165, 1.54) is 0 Å². The first-order valence-corrected chi connectivity index (χ1v) is 9.02. The molecule has 3 aromatic rings. The van der Waals surface area contributed by atoms with Crippen molar-refractivity contribution in [2.45, 2.75) is 31.8 Å². The number of piperidine rings is 1. The van der Waals surface area contributed by atoms with E-state index in [0.29, 0.717) is 12.3 Å². The Kier molecular flexibility index (Phi) is 4.56.